The Balaban J connectivity index is 2.64. The van der Waals surface area contributed by atoms with Crippen molar-refractivity contribution in [2.75, 3.05) is 13.6 Å². The van der Waals surface area contributed by atoms with Crippen LogP contribution >= 0.6 is 0 Å². The van der Waals surface area contributed by atoms with Gasteiger partial charge in [-0.05, 0) is 20.8 Å². The summed E-state index contributed by atoms with van der Waals surface area (Å²) in [7, 11) is 1.67. The Kier molecular flexibility index (Phi) is 4.06. The summed E-state index contributed by atoms with van der Waals surface area (Å²) in [6.45, 7) is 5.59. The molecule has 0 saturated carbocycles. The highest BCUT2D eigenvalue weighted by molar-refractivity contribution is 5.78. The van der Waals surface area contributed by atoms with Crippen molar-refractivity contribution in [3.05, 3.63) is 17.0 Å². The second-order valence-electron chi connectivity index (χ2n) is 4.10. The second-order valence-corrected chi connectivity index (χ2v) is 4.10. The van der Waals surface area contributed by atoms with Crippen molar-refractivity contribution in [3.63, 3.8) is 0 Å². The van der Waals surface area contributed by atoms with Crippen LogP contribution in [-0.2, 0) is 11.2 Å². The van der Waals surface area contributed by atoms with Gasteiger partial charge in [0.2, 0.25) is 5.91 Å². The minimum absolute atomic E-state index is 0.0460. The zero-order chi connectivity index (χ0) is 12.3. The molecule has 0 saturated heterocycles. The van der Waals surface area contributed by atoms with E-state index in [0.29, 0.717) is 12.3 Å². The Bertz CT molecular complexity index is 352. The Hall–Kier alpha value is -1.36. The SMILES string of the molecule is Cc1noc(C)c1CC(=O)N(C)CC(C)O. The van der Waals surface area contributed by atoms with Crippen LogP contribution in [0.1, 0.15) is 23.9 Å². The van der Waals surface area contributed by atoms with Gasteiger partial charge in [-0.3, -0.25) is 4.79 Å². The summed E-state index contributed by atoms with van der Waals surface area (Å²) in [5.41, 5.74) is 1.58. The molecule has 0 fully saturated rings. The minimum atomic E-state index is -0.515. The number of aryl methyl sites for hydroxylation is 2. The number of aromatic nitrogens is 1. The van der Waals surface area contributed by atoms with Crippen molar-refractivity contribution in [3.8, 4) is 0 Å². The van der Waals surface area contributed by atoms with Gasteiger partial charge in [0.25, 0.3) is 0 Å². The van der Waals surface area contributed by atoms with E-state index in [2.05, 4.69) is 5.16 Å². The fourth-order valence-electron chi connectivity index (χ4n) is 1.54. The summed E-state index contributed by atoms with van der Waals surface area (Å²) in [6, 6.07) is 0. The molecule has 0 aliphatic carbocycles. The number of carbonyl (C=O) groups is 1. The highest BCUT2D eigenvalue weighted by atomic mass is 16.5. The number of aliphatic hydroxyl groups is 1. The Morgan fingerprint density at radius 1 is 1.56 bits per heavy atom. The molecule has 1 rings (SSSR count). The van der Waals surface area contributed by atoms with Gasteiger partial charge in [-0.15, -0.1) is 0 Å². The third-order valence-corrected chi connectivity index (χ3v) is 2.47. The highest BCUT2D eigenvalue weighted by Gasteiger charge is 2.17. The van der Waals surface area contributed by atoms with Crippen LogP contribution in [0.2, 0.25) is 0 Å². The average molecular weight is 226 g/mol. The predicted octanol–water partition coefficient (Wildman–Crippen LogP) is 0.673. The topological polar surface area (TPSA) is 66.6 Å². The van der Waals surface area contributed by atoms with Gasteiger partial charge in [0.15, 0.2) is 0 Å². The van der Waals surface area contributed by atoms with Crippen LogP contribution in [-0.4, -0.2) is 40.8 Å². The summed E-state index contributed by atoms with van der Waals surface area (Å²) in [6.07, 6.45) is -0.247. The molecular weight excluding hydrogens is 208 g/mol. The normalized spacial score (nSPS) is 12.6. The van der Waals surface area contributed by atoms with E-state index in [1.54, 1.807) is 20.9 Å². The molecule has 0 bridgehead atoms. The maximum Gasteiger partial charge on any atom is 0.227 e. The molecule has 0 aliphatic heterocycles. The van der Waals surface area contributed by atoms with Crippen LogP contribution in [0.15, 0.2) is 4.52 Å². The zero-order valence-corrected chi connectivity index (χ0v) is 10.1. The number of carbonyl (C=O) groups excluding carboxylic acids is 1. The summed E-state index contributed by atoms with van der Waals surface area (Å²) in [5.74, 6) is 0.631. The molecule has 5 nitrogen and oxygen atoms in total. The Labute approximate surface area is 95.0 Å². The summed E-state index contributed by atoms with van der Waals surface area (Å²) < 4.78 is 4.99. The molecule has 1 aromatic heterocycles. The fourth-order valence-corrected chi connectivity index (χ4v) is 1.54. The van der Waals surface area contributed by atoms with E-state index in [-0.39, 0.29) is 12.3 Å². The number of aliphatic hydroxyl groups excluding tert-OH is 1. The standard InChI is InChI=1S/C11H18N2O3/c1-7(14)6-13(4)11(15)5-10-8(2)12-16-9(10)3/h7,14H,5-6H2,1-4H3. The van der Waals surface area contributed by atoms with Crippen molar-refractivity contribution in [1.82, 2.24) is 10.1 Å². The molecule has 1 aromatic rings. The van der Waals surface area contributed by atoms with Crippen LogP contribution in [0.4, 0.5) is 0 Å². The monoisotopic (exact) mass is 226 g/mol. The van der Waals surface area contributed by atoms with Crippen LogP contribution in [0.3, 0.4) is 0 Å². The lowest BCUT2D eigenvalue weighted by atomic mass is 10.1. The molecule has 1 unspecified atom stereocenters. The molecule has 16 heavy (non-hydrogen) atoms. The summed E-state index contributed by atoms with van der Waals surface area (Å²) in [4.78, 5) is 13.3. The lowest BCUT2D eigenvalue weighted by Gasteiger charge is -2.18. The molecule has 0 spiro atoms. The maximum atomic E-state index is 11.8. The predicted molar refractivity (Wildman–Crippen MR) is 59.0 cm³/mol. The Morgan fingerprint density at radius 3 is 2.62 bits per heavy atom. The van der Waals surface area contributed by atoms with Gasteiger partial charge in [0.1, 0.15) is 5.76 Å². The number of likely N-dealkylation sites (N-methyl/N-ethyl adjacent to an activating group) is 1. The third-order valence-electron chi connectivity index (χ3n) is 2.47. The molecule has 5 heteroatoms. The van der Waals surface area contributed by atoms with Gasteiger partial charge in [-0.1, -0.05) is 5.16 Å². The van der Waals surface area contributed by atoms with Crippen LogP contribution in [0.25, 0.3) is 0 Å². The van der Waals surface area contributed by atoms with Gasteiger partial charge in [-0.2, -0.15) is 0 Å². The van der Waals surface area contributed by atoms with Crippen molar-refractivity contribution in [2.45, 2.75) is 33.3 Å². The average Bonchev–Trinajstić information content (AvgIpc) is 2.48. The molecule has 0 radical (unpaired) electrons. The second kappa shape index (κ2) is 5.12. The molecule has 1 amide bonds. The summed E-state index contributed by atoms with van der Waals surface area (Å²) >= 11 is 0. The van der Waals surface area contributed by atoms with Gasteiger partial charge in [-0.25, -0.2) is 0 Å². The Morgan fingerprint density at radius 2 is 2.19 bits per heavy atom. The number of nitrogens with zero attached hydrogens (tertiary/aromatic N) is 2. The maximum absolute atomic E-state index is 11.8. The van der Waals surface area contributed by atoms with Crippen molar-refractivity contribution in [2.24, 2.45) is 0 Å². The third kappa shape index (κ3) is 3.06. The van der Waals surface area contributed by atoms with Crippen molar-refractivity contribution in [1.29, 1.82) is 0 Å². The van der Waals surface area contributed by atoms with Crippen LogP contribution in [0.5, 0.6) is 0 Å². The lowest BCUT2D eigenvalue weighted by molar-refractivity contribution is -0.130. The molecule has 0 aliphatic rings. The van der Waals surface area contributed by atoms with Gasteiger partial charge >= 0.3 is 0 Å². The van der Waals surface area contributed by atoms with Gasteiger partial charge in [0, 0.05) is 19.2 Å². The number of amides is 1. The van der Waals surface area contributed by atoms with Crippen LogP contribution in [0, 0.1) is 13.8 Å². The van der Waals surface area contributed by atoms with Gasteiger partial charge < -0.3 is 14.5 Å². The quantitative estimate of drug-likeness (QED) is 0.819. The first-order chi connectivity index (χ1) is 7.41. The highest BCUT2D eigenvalue weighted by Crippen LogP contribution is 2.13. The van der Waals surface area contributed by atoms with Crippen LogP contribution < -0.4 is 0 Å². The van der Waals surface area contributed by atoms with E-state index >= 15 is 0 Å². The number of hydrogen-bond acceptors (Lipinski definition) is 4. The van der Waals surface area contributed by atoms with E-state index in [9.17, 15) is 9.90 Å². The zero-order valence-electron chi connectivity index (χ0n) is 10.1. The number of hydrogen-bond donors (Lipinski definition) is 1. The van der Waals surface area contributed by atoms with E-state index in [4.69, 9.17) is 4.52 Å². The first-order valence-electron chi connectivity index (χ1n) is 5.25. The number of rotatable bonds is 4. The molecule has 0 aromatic carbocycles. The molecule has 1 heterocycles. The largest absolute Gasteiger partial charge is 0.392 e. The van der Waals surface area contributed by atoms with Gasteiger partial charge in [0.05, 0.1) is 18.2 Å². The first-order valence-corrected chi connectivity index (χ1v) is 5.25. The molecule has 1 atom stereocenters. The van der Waals surface area contributed by atoms with Crippen molar-refractivity contribution < 1.29 is 14.4 Å². The summed E-state index contributed by atoms with van der Waals surface area (Å²) in [5, 5.41) is 13.0. The minimum Gasteiger partial charge on any atom is -0.392 e. The fraction of sp³-hybridized carbons (Fsp3) is 0.636. The van der Waals surface area contributed by atoms with Crippen molar-refractivity contribution >= 4 is 5.91 Å². The van der Waals surface area contributed by atoms with E-state index < -0.39 is 6.10 Å². The molecule has 1 N–H and O–H groups in total. The molecule has 90 valence electrons. The van der Waals surface area contributed by atoms with E-state index in [1.165, 1.54) is 4.90 Å². The smallest absolute Gasteiger partial charge is 0.227 e. The lowest BCUT2D eigenvalue weighted by Crippen LogP contribution is -2.34. The van der Waals surface area contributed by atoms with E-state index in [0.717, 1.165) is 11.3 Å². The van der Waals surface area contributed by atoms with E-state index in [1.807, 2.05) is 6.92 Å². The first kappa shape index (κ1) is 12.7. The molecular formula is C11H18N2O3.